The van der Waals surface area contributed by atoms with E-state index in [2.05, 4.69) is 62.2 Å². The highest BCUT2D eigenvalue weighted by Crippen LogP contribution is 2.44. The second kappa shape index (κ2) is 10.3. The SMILES string of the molecule is CCN(c1nc(Cc2ccc(C(C)(C)C)cc2)cs1)c1sc2c(c1C(=O)c1ccccc1)CCCC2. The Labute approximate surface area is 222 Å². The van der Waals surface area contributed by atoms with Crippen LogP contribution in [0.4, 0.5) is 10.1 Å². The van der Waals surface area contributed by atoms with Crippen LogP contribution in [0.3, 0.4) is 0 Å². The molecule has 1 aliphatic carbocycles. The molecule has 4 aromatic rings. The van der Waals surface area contributed by atoms with Crippen LogP contribution in [-0.4, -0.2) is 17.3 Å². The Morgan fingerprint density at radius 3 is 2.42 bits per heavy atom. The van der Waals surface area contributed by atoms with Crippen molar-refractivity contribution >= 4 is 38.6 Å². The first-order chi connectivity index (χ1) is 17.3. The Morgan fingerprint density at radius 1 is 1.00 bits per heavy atom. The summed E-state index contributed by atoms with van der Waals surface area (Å²) in [7, 11) is 0. The lowest BCUT2D eigenvalue weighted by atomic mass is 9.86. The minimum absolute atomic E-state index is 0.138. The van der Waals surface area contributed by atoms with Gasteiger partial charge in [0.2, 0.25) is 0 Å². The Balaban J connectivity index is 1.46. The number of thiophene rings is 1. The fourth-order valence-corrected chi connectivity index (χ4v) is 7.31. The first kappa shape index (κ1) is 24.9. The summed E-state index contributed by atoms with van der Waals surface area (Å²) in [4.78, 5) is 22.4. The predicted molar refractivity (Wildman–Crippen MR) is 154 cm³/mol. The molecule has 0 saturated heterocycles. The quantitative estimate of drug-likeness (QED) is 0.232. The van der Waals surface area contributed by atoms with E-state index in [1.807, 2.05) is 30.3 Å². The van der Waals surface area contributed by atoms with E-state index < -0.39 is 0 Å². The number of carbonyl (C=O) groups excluding carboxylic acids is 1. The van der Waals surface area contributed by atoms with E-state index in [1.165, 1.54) is 28.0 Å². The molecule has 0 atom stereocenters. The molecule has 0 bridgehead atoms. The molecule has 36 heavy (non-hydrogen) atoms. The van der Waals surface area contributed by atoms with Crippen molar-refractivity contribution in [2.24, 2.45) is 0 Å². The fraction of sp³-hybridized carbons (Fsp3) is 0.355. The molecular formula is C31H34N2OS2. The maximum atomic E-state index is 13.8. The van der Waals surface area contributed by atoms with Gasteiger partial charge in [-0.3, -0.25) is 4.79 Å². The van der Waals surface area contributed by atoms with Crippen molar-refractivity contribution < 1.29 is 4.79 Å². The largest absolute Gasteiger partial charge is 0.309 e. The lowest BCUT2D eigenvalue weighted by Gasteiger charge is -2.20. The Hall–Kier alpha value is -2.76. The number of fused-ring (bicyclic) bond motifs is 1. The number of carbonyl (C=O) groups is 1. The second-order valence-corrected chi connectivity index (χ2v) is 12.5. The smallest absolute Gasteiger partial charge is 0.196 e. The van der Waals surface area contributed by atoms with Gasteiger partial charge in [0.25, 0.3) is 0 Å². The van der Waals surface area contributed by atoms with Gasteiger partial charge in [-0.05, 0) is 54.7 Å². The normalized spacial score (nSPS) is 13.4. The highest BCUT2D eigenvalue weighted by atomic mass is 32.1. The summed E-state index contributed by atoms with van der Waals surface area (Å²) in [6.07, 6.45) is 5.23. The van der Waals surface area contributed by atoms with E-state index >= 15 is 0 Å². The van der Waals surface area contributed by atoms with Crippen LogP contribution >= 0.6 is 22.7 Å². The third-order valence-corrected chi connectivity index (χ3v) is 9.18. The zero-order valence-electron chi connectivity index (χ0n) is 21.6. The van der Waals surface area contributed by atoms with Crippen LogP contribution in [0.2, 0.25) is 0 Å². The summed E-state index contributed by atoms with van der Waals surface area (Å²) in [6, 6.07) is 18.6. The van der Waals surface area contributed by atoms with E-state index in [-0.39, 0.29) is 11.2 Å². The summed E-state index contributed by atoms with van der Waals surface area (Å²) in [6.45, 7) is 9.66. The molecular weight excluding hydrogens is 480 g/mol. The summed E-state index contributed by atoms with van der Waals surface area (Å²) in [5, 5.41) is 4.20. The first-order valence-electron chi connectivity index (χ1n) is 12.9. The van der Waals surface area contributed by atoms with Crippen LogP contribution < -0.4 is 4.90 Å². The van der Waals surface area contributed by atoms with Gasteiger partial charge in [-0.15, -0.1) is 22.7 Å². The fourth-order valence-electron chi connectivity index (χ4n) is 4.91. The van der Waals surface area contributed by atoms with Gasteiger partial charge in [-0.1, -0.05) is 75.4 Å². The zero-order valence-corrected chi connectivity index (χ0v) is 23.3. The standard InChI is InChI=1S/C31H34N2OS2/c1-5-33(30-32-24(20-35-30)19-21-15-17-23(18-16-21)31(2,3)4)29-27(25-13-9-10-14-26(25)36-29)28(34)22-11-7-6-8-12-22/h6-8,11-12,15-18,20H,5,9-10,13-14,19H2,1-4H3. The molecule has 186 valence electrons. The van der Waals surface area contributed by atoms with E-state index in [1.54, 1.807) is 22.7 Å². The Morgan fingerprint density at radius 2 is 1.72 bits per heavy atom. The summed E-state index contributed by atoms with van der Waals surface area (Å²) < 4.78 is 0. The molecule has 2 heterocycles. The number of aromatic nitrogens is 1. The maximum absolute atomic E-state index is 13.8. The lowest BCUT2D eigenvalue weighted by molar-refractivity contribution is 0.103. The lowest BCUT2D eigenvalue weighted by Crippen LogP contribution is -2.18. The van der Waals surface area contributed by atoms with Crippen LogP contribution in [0.5, 0.6) is 0 Å². The van der Waals surface area contributed by atoms with Crippen LogP contribution in [-0.2, 0) is 24.7 Å². The first-order valence-corrected chi connectivity index (χ1v) is 14.6. The third kappa shape index (κ3) is 5.05. The van der Waals surface area contributed by atoms with Crippen LogP contribution in [0, 0.1) is 0 Å². The van der Waals surface area contributed by atoms with Crippen molar-refractivity contribution in [1.29, 1.82) is 0 Å². The highest BCUT2D eigenvalue weighted by molar-refractivity contribution is 7.18. The third-order valence-electron chi connectivity index (χ3n) is 6.95. The molecule has 0 N–H and O–H groups in total. The number of thiazole rings is 1. The van der Waals surface area contributed by atoms with Crippen LogP contribution in [0.25, 0.3) is 0 Å². The minimum Gasteiger partial charge on any atom is -0.309 e. The van der Waals surface area contributed by atoms with Gasteiger partial charge >= 0.3 is 0 Å². The highest BCUT2D eigenvalue weighted by Gasteiger charge is 2.29. The predicted octanol–water partition coefficient (Wildman–Crippen LogP) is 8.36. The van der Waals surface area contributed by atoms with E-state index in [4.69, 9.17) is 4.98 Å². The van der Waals surface area contributed by atoms with Crippen molar-refractivity contribution in [3.05, 3.63) is 98.4 Å². The molecule has 3 nitrogen and oxygen atoms in total. The number of aryl methyl sites for hydroxylation is 1. The van der Waals surface area contributed by atoms with Crippen molar-refractivity contribution in [1.82, 2.24) is 4.98 Å². The van der Waals surface area contributed by atoms with Gasteiger partial charge in [-0.2, -0.15) is 0 Å². The molecule has 0 unspecified atom stereocenters. The van der Waals surface area contributed by atoms with Gasteiger partial charge in [0.05, 0.1) is 11.3 Å². The van der Waals surface area contributed by atoms with Crippen LogP contribution in [0.15, 0.2) is 60.0 Å². The van der Waals surface area contributed by atoms with Crippen LogP contribution in [0.1, 0.15) is 83.7 Å². The van der Waals surface area contributed by atoms with Crippen molar-refractivity contribution in [3.63, 3.8) is 0 Å². The second-order valence-electron chi connectivity index (χ2n) is 10.6. The van der Waals surface area contributed by atoms with Gasteiger partial charge < -0.3 is 4.90 Å². The zero-order chi connectivity index (χ0) is 25.3. The molecule has 0 amide bonds. The molecule has 5 heteroatoms. The molecule has 2 aromatic heterocycles. The molecule has 0 radical (unpaired) electrons. The molecule has 0 fully saturated rings. The average molecular weight is 515 g/mol. The molecule has 0 aliphatic heterocycles. The van der Waals surface area contributed by atoms with Gasteiger partial charge in [0.15, 0.2) is 10.9 Å². The molecule has 0 saturated carbocycles. The molecule has 0 spiro atoms. The van der Waals surface area contributed by atoms with Crippen molar-refractivity contribution in [2.45, 2.75) is 65.2 Å². The van der Waals surface area contributed by atoms with Gasteiger partial charge in [0.1, 0.15) is 5.00 Å². The van der Waals surface area contributed by atoms with Gasteiger partial charge in [0, 0.05) is 28.8 Å². The number of rotatable bonds is 7. The van der Waals surface area contributed by atoms with Gasteiger partial charge in [-0.25, -0.2) is 4.98 Å². The Bertz CT molecular complexity index is 1340. The number of anilines is 2. The summed E-state index contributed by atoms with van der Waals surface area (Å²) in [5.74, 6) is 0.138. The Kier molecular flexibility index (Phi) is 7.14. The van der Waals surface area contributed by atoms with Crippen molar-refractivity contribution in [3.8, 4) is 0 Å². The molecule has 5 rings (SSSR count). The molecule has 2 aromatic carbocycles. The number of hydrogen-bond acceptors (Lipinski definition) is 5. The van der Waals surface area contributed by atoms with E-state index in [0.29, 0.717) is 0 Å². The van der Waals surface area contributed by atoms with Crippen molar-refractivity contribution in [2.75, 3.05) is 11.4 Å². The van der Waals surface area contributed by atoms with E-state index in [9.17, 15) is 4.79 Å². The van der Waals surface area contributed by atoms with E-state index in [0.717, 1.165) is 59.2 Å². The number of nitrogens with zero attached hydrogens (tertiary/aromatic N) is 2. The monoisotopic (exact) mass is 514 g/mol. The number of ketones is 1. The topological polar surface area (TPSA) is 33.2 Å². The number of benzene rings is 2. The maximum Gasteiger partial charge on any atom is 0.196 e. The number of hydrogen-bond donors (Lipinski definition) is 0. The minimum atomic E-state index is 0.138. The average Bonchev–Trinajstić information content (AvgIpc) is 3.49. The summed E-state index contributed by atoms with van der Waals surface area (Å²) >= 11 is 3.48. The molecule has 1 aliphatic rings. The summed E-state index contributed by atoms with van der Waals surface area (Å²) in [5.41, 5.74) is 6.78.